The molecule has 0 aliphatic heterocycles. The summed E-state index contributed by atoms with van der Waals surface area (Å²) in [5.74, 6) is -0.0494. The molecule has 1 aromatic carbocycles. The number of carbonyl (C=O) groups is 1. The predicted octanol–water partition coefficient (Wildman–Crippen LogP) is 2.83. The lowest BCUT2D eigenvalue weighted by molar-refractivity contribution is 0.0773. The van der Waals surface area contributed by atoms with Gasteiger partial charge >= 0.3 is 0 Å². The van der Waals surface area contributed by atoms with Crippen LogP contribution >= 0.6 is 15.9 Å². The molecule has 2 rings (SSSR count). The molecule has 1 aromatic heterocycles. The second-order valence-corrected chi connectivity index (χ2v) is 6.39. The average Bonchev–Trinajstić information content (AvgIpc) is 2.72. The highest BCUT2D eigenvalue weighted by Gasteiger charge is 2.21. The number of hydrogen-bond donors (Lipinski definition) is 0. The summed E-state index contributed by atoms with van der Waals surface area (Å²) in [5, 5.41) is 4.27. The van der Waals surface area contributed by atoms with E-state index in [1.54, 1.807) is 23.7 Å². The lowest BCUT2D eigenvalue weighted by Crippen LogP contribution is -2.28. The van der Waals surface area contributed by atoms with Gasteiger partial charge in [-0.05, 0) is 40.5 Å². The van der Waals surface area contributed by atoms with Crippen LogP contribution in [0, 0.1) is 6.92 Å². The van der Waals surface area contributed by atoms with Crippen molar-refractivity contribution in [1.29, 1.82) is 0 Å². The van der Waals surface area contributed by atoms with Gasteiger partial charge in [-0.3, -0.25) is 9.48 Å². The smallest absolute Gasteiger partial charge is 0.273 e. The zero-order chi connectivity index (χ0) is 16.4. The van der Waals surface area contributed by atoms with Crippen molar-refractivity contribution in [3.63, 3.8) is 0 Å². The lowest BCUT2D eigenvalue weighted by Gasteiger charge is -2.18. The molecule has 0 spiro atoms. The maximum absolute atomic E-state index is 12.6. The summed E-state index contributed by atoms with van der Waals surface area (Å²) >= 11 is 3.44. The van der Waals surface area contributed by atoms with Crippen LogP contribution in [0.2, 0.25) is 0 Å². The molecular formula is C16H21BrN4O. The van der Waals surface area contributed by atoms with Gasteiger partial charge in [0.15, 0.2) is 0 Å². The van der Waals surface area contributed by atoms with Gasteiger partial charge in [0, 0.05) is 40.4 Å². The Morgan fingerprint density at radius 3 is 2.27 bits per heavy atom. The number of nitrogens with zero attached hydrogens (tertiary/aromatic N) is 4. The molecule has 6 heteroatoms. The summed E-state index contributed by atoms with van der Waals surface area (Å²) in [5.41, 5.74) is 3.62. The van der Waals surface area contributed by atoms with E-state index in [9.17, 15) is 4.79 Å². The number of aromatic nitrogens is 2. The Balaban J connectivity index is 2.14. The first-order valence-electron chi connectivity index (χ1n) is 7.02. The zero-order valence-corrected chi connectivity index (χ0v) is 15.2. The van der Waals surface area contributed by atoms with Gasteiger partial charge in [-0.1, -0.05) is 12.1 Å². The minimum absolute atomic E-state index is 0.0494. The number of benzene rings is 1. The van der Waals surface area contributed by atoms with Crippen LogP contribution in [-0.2, 0) is 13.6 Å². The van der Waals surface area contributed by atoms with E-state index in [4.69, 9.17) is 0 Å². The van der Waals surface area contributed by atoms with Crippen molar-refractivity contribution >= 4 is 27.5 Å². The van der Waals surface area contributed by atoms with Crippen LogP contribution in [0.4, 0.5) is 5.69 Å². The average molecular weight is 365 g/mol. The van der Waals surface area contributed by atoms with Gasteiger partial charge in [-0.25, -0.2) is 0 Å². The maximum atomic E-state index is 12.6. The number of aryl methyl sites for hydroxylation is 2. The first-order valence-corrected chi connectivity index (χ1v) is 7.81. The van der Waals surface area contributed by atoms with Crippen LogP contribution in [0.25, 0.3) is 0 Å². The van der Waals surface area contributed by atoms with E-state index in [-0.39, 0.29) is 5.91 Å². The highest BCUT2D eigenvalue weighted by atomic mass is 79.9. The van der Waals surface area contributed by atoms with Gasteiger partial charge in [0.1, 0.15) is 5.69 Å². The summed E-state index contributed by atoms with van der Waals surface area (Å²) in [6, 6.07) is 8.20. The zero-order valence-electron chi connectivity index (χ0n) is 13.6. The molecular weight excluding hydrogens is 344 g/mol. The number of halogens is 1. The SMILES string of the molecule is Cc1nn(C)c(C(=O)N(C)Cc2ccc(N(C)C)cc2)c1Br. The standard InChI is InChI=1S/C16H21BrN4O/c1-11-14(17)15(21(5)18-11)16(22)20(4)10-12-6-8-13(9-7-12)19(2)3/h6-9H,10H2,1-5H3. The summed E-state index contributed by atoms with van der Waals surface area (Å²) < 4.78 is 2.38. The summed E-state index contributed by atoms with van der Waals surface area (Å²) in [4.78, 5) is 16.4. The molecule has 2 aromatic rings. The third kappa shape index (κ3) is 3.32. The number of anilines is 1. The number of rotatable bonds is 4. The van der Waals surface area contributed by atoms with Gasteiger partial charge in [0.05, 0.1) is 10.2 Å². The lowest BCUT2D eigenvalue weighted by atomic mass is 10.2. The second kappa shape index (κ2) is 6.52. The minimum Gasteiger partial charge on any atom is -0.378 e. The maximum Gasteiger partial charge on any atom is 0.273 e. The largest absolute Gasteiger partial charge is 0.378 e. The fraction of sp³-hybridized carbons (Fsp3) is 0.375. The van der Waals surface area contributed by atoms with Gasteiger partial charge in [0.2, 0.25) is 0 Å². The molecule has 1 heterocycles. The van der Waals surface area contributed by atoms with E-state index in [0.717, 1.165) is 21.4 Å². The molecule has 1 amide bonds. The Hall–Kier alpha value is -1.82. The molecule has 0 saturated heterocycles. The molecule has 5 nitrogen and oxygen atoms in total. The Morgan fingerprint density at radius 2 is 1.82 bits per heavy atom. The van der Waals surface area contributed by atoms with Gasteiger partial charge in [-0.2, -0.15) is 5.10 Å². The van der Waals surface area contributed by atoms with E-state index < -0.39 is 0 Å². The number of hydrogen-bond acceptors (Lipinski definition) is 3. The van der Waals surface area contributed by atoms with Crippen molar-refractivity contribution in [3.8, 4) is 0 Å². The van der Waals surface area contributed by atoms with E-state index in [1.165, 1.54) is 0 Å². The van der Waals surface area contributed by atoms with Crippen molar-refractivity contribution in [2.45, 2.75) is 13.5 Å². The fourth-order valence-corrected chi connectivity index (χ4v) is 2.80. The van der Waals surface area contributed by atoms with Crippen molar-refractivity contribution in [3.05, 3.63) is 45.7 Å². The van der Waals surface area contributed by atoms with Crippen molar-refractivity contribution in [2.24, 2.45) is 7.05 Å². The van der Waals surface area contributed by atoms with Gasteiger partial charge < -0.3 is 9.80 Å². The molecule has 0 aliphatic rings. The van der Waals surface area contributed by atoms with Gasteiger partial charge in [-0.15, -0.1) is 0 Å². The van der Waals surface area contributed by atoms with E-state index in [1.807, 2.05) is 38.1 Å². The Morgan fingerprint density at radius 1 is 1.23 bits per heavy atom. The topological polar surface area (TPSA) is 41.4 Å². The van der Waals surface area contributed by atoms with Crippen molar-refractivity contribution in [2.75, 3.05) is 26.0 Å². The van der Waals surface area contributed by atoms with Crippen LogP contribution in [0.3, 0.4) is 0 Å². The van der Waals surface area contributed by atoms with E-state index in [2.05, 4.69) is 33.2 Å². The highest BCUT2D eigenvalue weighted by molar-refractivity contribution is 9.10. The van der Waals surface area contributed by atoms with Gasteiger partial charge in [0.25, 0.3) is 5.91 Å². The van der Waals surface area contributed by atoms with Crippen LogP contribution in [-0.4, -0.2) is 41.7 Å². The van der Waals surface area contributed by atoms with E-state index in [0.29, 0.717) is 12.2 Å². The molecule has 22 heavy (non-hydrogen) atoms. The number of carbonyl (C=O) groups excluding carboxylic acids is 1. The number of amides is 1. The third-order valence-corrected chi connectivity index (χ3v) is 4.52. The molecule has 0 aliphatic carbocycles. The van der Waals surface area contributed by atoms with Crippen LogP contribution in [0.5, 0.6) is 0 Å². The normalized spacial score (nSPS) is 10.6. The first-order chi connectivity index (χ1) is 10.3. The summed E-state index contributed by atoms with van der Waals surface area (Å²) in [7, 11) is 7.60. The Bertz CT molecular complexity index is 676. The fourth-order valence-electron chi connectivity index (χ4n) is 2.29. The minimum atomic E-state index is -0.0494. The van der Waals surface area contributed by atoms with E-state index >= 15 is 0 Å². The highest BCUT2D eigenvalue weighted by Crippen LogP contribution is 2.22. The molecule has 0 bridgehead atoms. The summed E-state index contributed by atoms with van der Waals surface area (Å²) in [6.45, 7) is 2.43. The third-order valence-electron chi connectivity index (χ3n) is 3.57. The van der Waals surface area contributed by atoms with Crippen LogP contribution in [0.15, 0.2) is 28.7 Å². The monoisotopic (exact) mass is 364 g/mol. The van der Waals surface area contributed by atoms with Crippen molar-refractivity contribution < 1.29 is 4.79 Å². The van der Waals surface area contributed by atoms with Crippen LogP contribution < -0.4 is 4.90 Å². The molecule has 0 saturated carbocycles. The molecule has 0 fully saturated rings. The van der Waals surface area contributed by atoms with Crippen molar-refractivity contribution in [1.82, 2.24) is 14.7 Å². The molecule has 118 valence electrons. The quantitative estimate of drug-likeness (QED) is 0.837. The second-order valence-electron chi connectivity index (χ2n) is 5.59. The first kappa shape index (κ1) is 16.5. The predicted molar refractivity (Wildman–Crippen MR) is 92.2 cm³/mol. The van der Waals surface area contributed by atoms with Crippen LogP contribution in [0.1, 0.15) is 21.7 Å². The summed E-state index contributed by atoms with van der Waals surface area (Å²) in [6.07, 6.45) is 0. The Kier molecular flexibility index (Phi) is 4.90. The molecule has 0 atom stereocenters. The Labute approximate surface area is 139 Å². The molecule has 0 unspecified atom stereocenters. The molecule has 0 radical (unpaired) electrons. The molecule has 0 N–H and O–H groups in total.